The fourth-order valence-electron chi connectivity index (χ4n) is 1.14. The van der Waals surface area contributed by atoms with Crippen LogP contribution < -0.4 is 0 Å². The fraction of sp³-hybridized carbons (Fsp3) is 0.700. The van der Waals surface area contributed by atoms with Crippen LogP contribution in [0.4, 0.5) is 0 Å². The molecule has 120 valence electrons. The van der Waals surface area contributed by atoms with Crippen LogP contribution in [0.15, 0.2) is 36.5 Å². The molecule has 0 spiro atoms. The van der Waals surface area contributed by atoms with Crippen molar-refractivity contribution in [2.75, 3.05) is 0 Å². The van der Waals surface area contributed by atoms with E-state index in [-0.39, 0.29) is 0 Å². The zero-order valence-corrected chi connectivity index (χ0v) is 15.9. The molecule has 0 rings (SSSR count). The van der Waals surface area contributed by atoms with Gasteiger partial charge in [-0.2, -0.15) is 0 Å². The maximum atomic E-state index is 3.63. The van der Waals surface area contributed by atoms with Gasteiger partial charge in [-0.05, 0) is 30.6 Å². The third-order valence-electron chi connectivity index (χ3n) is 3.19. The molecule has 0 aromatic rings. The molecule has 0 N–H and O–H groups in total. The van der Waals surface area contributed by atoms with E-state index in [9.17, 15) is 0 Å². The molecule has 0 aromatic heterocycles. The van der Waals surface area contributed by atoms with E-state index in [0.717, 1.165) is 6.42 Å². The van der Waals surface area contributed by atoms with E-state index in [1.165, 1.54) is 5.57 Å². The van der Waals surface area contributed by atoms with Crippen LogP contribution in [-0.4, -0.2) is 0 Å². The molecule has 0 heteroatoms. The Morgan fingerprint density at radius 1 is 1.05 bits per heavy atom. The summed E-state index contributed by atoms with van der Waals surface area (Å²) in [6.07, 6.45) is 9.67. The Kier molecular flexibility index (Phi) is 17.7. The molecule has 1 atom stereocenters. The highest BCUT2D eigenvalue weighted by atomic mass is 14.2. The predicted molar refractivity (Wildman–Crippen MR) is 98.2 cm³/mol. The number of hydrogen-bond acceptors (Lipinski definition) is 0. The Balaban J connectivity index is -0.000000277. The molecular formula is C20H40. The van der Waals surface area contributed by atoms with Gasteiger partial charge >= 0.3 is 0 Å². The van der Waals surface area contributed by atoms with E-state index in [1.807, 2.05) is 26.8 Å². The Morgan fingerprint density at radius 3 is 1.65 bits per heavy atom. The van der Waals surface area contributed by atoms with E-state index in [2.05, 4.69) is 73.3 Å². The number of rotatable bonds is 4. The third kappa shape index (κ3) is 17.2. The van der Waals surface area contributed by atoms with Gasteiger partial charge in [0, 0.05) is 0 Å². The summed E-state index contributed by atoms with van der Waals surface area (Å²) < 4.78 is 0. The second-order valence-corrected chi connectivity index (χ2v) is 6.20. The van der Waals surface area contributed by atoms with Gasteiger partial charge in [0.2, 0.25) is 0 Å². The normalized spacial score (nSPS) is 13.2. The van der Waals surface area contributed by atoms with Gasteiger partial charge in [-0.3, -0.25) is 0 Å². The van der Waals surface area contributed by atoms with Crippen LogP contribution in [0.1, 0.15) is 75.7 Å². The fourth-order valence-corrected chi connectivity index (χ4v) is 1.14. The Bertz CT molecular complexity index is 258. The van der Waals surface area contributed by atoms with Gasteiger partial charge in [0.15, 0.2) is 0 Å². The van der Waals surface area contributed by atoms with Crippen molar-refractivity contribution < 1.29 is 0 Å². The topological polar surface area (TPSA) is 0 Å². The van der Waals surface area contributed by atoms with Crippen LogP contribution in [0.5, 0.6) is 0 Å². The highest BCUT2D eigenvalue weighted by molar-refractivity contribution is 5.13. The Hall–Kier alpha value is -0.780. The average Bonchev–Trinajstić information content (AvgIpc) is 2.40. The average molecular weight is 281 g/mol. The molecule has 0 aliphatic heterocycles. The molecule has 0 bridgehead atoms. The molecular weight excluding hydrogens is 240 g/mol. The first-order valence-electron chi connectivity index (χ1n) is 8.14. The Morgan fingerprint density at radius 2 is 1.50 bits per heavy atom. The SMILES string of the molecule is C=C/C(=C/C)CC.CC.CC(C)/C=C\C(C)C(C)(C)C. The first-order valence-corrected chi connectivity index (χ1v) is 8.14. The highest BCUT2D eigenvalue weighted by Crippen LogP contribution is 2.26. The van der Waals surface area contributed by atoms with E-state index in [4.69, 9.17) is 0 Å². The summed E-state index contributed by atoms with van der Waals surface area (Å²) in [5.41, 5.74) is 1.73. The highest BCUT2D eigenvalue weighted by Gasteiger charge is 2.16. The smallest absolute Gasteiger partial charge is 0.0213 e. The molecule has 0 aromatic carbocycles. The lowest BCUT2D eigenvalue weighted by atomic mass is 9.81. The zero-order valence-electron chi connectivity index (χ0n) is 15.9. The second kappa shape index (κ2) is 14.6. The molecule has 20 heavy (non-hydrogen) atoms. The van der Waals surface area contributed by atoms with Crippen molar-refractivity contribution in [1.29, 1.82) is 0 Å². The minimum absolute atomic E-state index is 0.408. The molecule has 0 nitrogen and oxygen atoms in total. The van der Waals surface area contributed by atoms with Crippen molar-refractivity contribution in [3.63, 3.8) is 0 Å². The molecule has 0 radical (unpaired) electrons. The van der Waals surface area contributed by atoms with Crippen molar-refractivity contribution in [3.05, 3.63) is 36.5 Å². The standard InChI is InChI=1S/C11H22.C7H12.C2H6/c1-9(2)7-8-10(3)11(4,5)6;1-4-7(5-2)6-3;1-2/h7-10H,1-6H3;4-5H,1,6H2,2-3H3;1-2H3/b8-7-;7-5-;. The monoisotopic (exact) mass is 280 g/mol. The molecule has 0 heterocycles. The van der Waals surface area contributed by atoms with Gasteiger partial charge in [-0.1, -0.05) is 98.8 Å². The van der Waals surface area contributed by atoms with Gasteiger partial charge in [0.25, 0.3) is 0 Å². The van der Waals surface area contributed by atoms with Crippen LogP contribution in [-0.2, 0) is 0 Å². The molecule has 0 saturated carbocycles. The van der Waals surface area contributed by atoms with Crippen molar-refractivity contribution in [3.8, 4) is 0 Å². The summed E-state index contributed by atoms with van der Waals surface area (Å²) in [6, 6.07) is 0. The minimum Gasteiger partial charge on any atom is -0.0988 e. The van der Waals surface area contributed by atoms with E-state index >= 15 is 0 Å². The molecule has 1 unspecified atom stereocenters. The number of hydrogen-bond donors (Lipinski definition) is 0. The largest absolute Gasteiger partial charge is 0.0988 e. The van der Waals surface area contributed by atoms with Crippen LogP contribution in [0, 0.1) is 17.3 Å². The van der Waals surface area contributed by atoms with Crippen molar-refractivity contribution >= 4 is 0 Å². The van der Waals surface area contributed by atoms with Gasteiger partial charge < -0.3 is 0 Å². The first kappa shape index (κ1) is 24.3. The summed E-state index contributed by atoms with van der Waals surface area (Å²) >= 11 is 0. The predicted octanol–water partition coefficient (Wildman–Crippen LogP) is 7.44. The number of allylic oxidation sites excluding steroid dienone is 5. The van der Waals surface area contributed by atoms with Crippen LogP contribution in [0.3, 0.4) is 0 Å². The first-order chi connectivity index (χ1) is 9.18. The molecule has 0 aliphatic rings. The zero-order chi connectivity index (χ0) is 16.8. The van der Waals surface area contributed by atoms with E-state index < -0.39 is 0 Å². The van der Waals surface area contributed by atoms with Gasteiger partial charge in [-0.25, -0.2) is 0 Å². The summed E-state index contributed by atoms with van der Waals surface area (Å²) in [6.45, 7) is 25.3. The summed E-state index contributed by atoms with van der Waals surface area (Å²) in [5, 5.41) is 0. The Labute approximate surface area is 130 Å². The van der Waals surface area contributed by atoms with Crippen molar-refractivity contribution in [2.24, 2.45) is 17.3 Å². The molecule has 0 aliphatic carbocycles. The minimum atomic E-state index is 0.408. The maximum Gasteiger partial charge on any atom is -0.0213 e. The molecule has 0 amide bonds. The maximum absolute atomic E-state index is 3.63. The van der Waals surface area contributed by atoms with E-state index in [1.54, 1.807) is 0 Å². The molecule has 0 fully saturated rings. The lowest BCUT2D eigenvalue weighted by Gasteiger charge is -2.24. The lowest BCUT2D eigenvalue weighted by molar-refractivity contribution is 0.313. The van der Waals surface area contributed by atoms with Crippen molar-refractivity contribution in [2.45, 2.75) is 75.7 Å². The summed E-state index contributed by atoms with van der Waals surface area (Å²) in [5.74, 6) is 1.35. The molecule has 0 saturated heterocycles. The van der Waals surface area contributed by atoms with Gasteiger partial charge in [-0.15, -0.1) is 0 Å². The summed E-state index contributed by atoms with van der Waals surface area (Å²) in [4.78, 5) is 0. The summed E-state index contributed by atoms with van der Waals surface area (Å²) in [7, 11) is 0. The van der Waals surface area contributed by atoms with Gasteiger partial charge in [0.1, 0.15) is 0 Å². The third-order valence-corrected chi connectivity index (χ3v) is 3.19. The second-order valence-electron chi connectivity index (χ2n) is 6.20. The lowest BCUT2D eigenvalue weighted by Crippen LogP contribution is -2.14. The van der Waals surface area contributed by atoms with Crippen LogP contribution in [0.25, 0.3) is 0 Å². The van der Waals surface area contributed by atoms with E-state index in [0.29, 0.717) is 17.3 Å². The van der Waals surface area contributed by atoms with Crippen LogP contribution >= 0.6 is 0 Å². The van der Waals surface area contributed by atoms with Crippen molar-refractivity contribution in [1.82, 2.24) is 0 Å². The van der Waals surface area contributed by atoms with Gasteiger partial charge in [0.05, 0.1) is 0 Å². The quantitative estimate of drug-likeness (QED) is 0.371. The van der Waals surface area contributed by atoms with Crippen LogP contribution in [0.2, 0.25) is 0 Å².